The minimum absolute atomic E-state index is 0.0213. The predicted molar refractivity (Wildman–Crippen MR) is 133 cm³/mol. The third kappa shape index (κ3) is 3.96. The fraction of sp³-hybridized carbons (Fsp3) is 0.269. The van der Waals surface area contributed by atoms with Crippen molar-refractivity contribution in [1.82, 2.24) is 0 Å². The van der Waals surface area contributed by atoms with Crippen LogP contribution in [-0.2, 0) is 10.8 Å². The molecule has 0 saturated heterocycles. The standard InChI is InChI=1S/C26H28BrNOSi/c1-26(2,3)30(22-12-6-4-7-13-22,23-14-8-5-9-15-23)29-19-21-17-24-20(18-28-21)11-10-16-25(24)27/h4-16,18,21H,17,19H2,1-3H3/t21-/m1/s1. The van der Waals surface area contributed by atoms with Crippen molar-refractivity contribution in [1.29, 1.82) is 0 Å². The van der Waals surface area contributed by atoms with Crippen molar-refractivity contribution < 1.29 is 4.43 Å². The van der Waals surface area contributed by atoms with Gasteiger partial charge in [0.25, 0.3) is 8.32 Å². The normalized spacial score (nSPS) is 16.3. The Morgan fingerprint density at radius 3 is 2.07 bits per heavy atom. The van der Waals surface area contributed by atoms with E-state index in [4.69, 9.17) is 9.42 Å². The zero-order valence-electron chi connectivity index (χ0n) is 17.8. The van der Waals surface area contributed by atoms with E-state index in [9.17, 15) is 0 Å². The van der Waals surface area contributed by atoms with Crippen LogP contribution in [0.4, 0.5) is 0 Å². The monoisotopic (exact) mass is 477 g/mol. The first-order valence-corrected chi connectivity index (χ1v) is 13.2. The molecule has 1 aliphatic heterocycles. The van der Waals surface area contributed by atoms with E-state index in [1.54, 1.807) is 0 Å². The van der Waals surface area contributed by atoms with Gasteiger partial charge in [-0.2, -0.15) is 0 Å². The highest BCUT2D eigenvalue weighted by molar-refractivity contribution is 9.10. The molecule has 154 valence electrons. The molecule has 0 unspecified atom stereocenters. The lowest BCUT2D eigenvalue weighted by atomic mass is 9.99. The van der Waals surface area contributed by atoms with E-state index in [1.165, 1.54) is 21.5 Å². The number of fused-ring (bicyclic) bond motifs is 1. The molecule has 0 fully saturated rings. The number of nitrogens with zero attached hydrogens (tertiary/aromatic N) is 1. The first-order chi connectivity index (χ1) is 14.4. The van der Waals surface area contributed by atoms with Crippen LogP contribution >= 0.6 is 15.9 Å². The van der Waals surface area contributed by atoms with E-state index in [0.717, 1.165) is 10.9 Å². The lowest BCUT2D eigenvalue weighted by Gasteiger charge is -2.43. The molecule has 0 spiro atoms. The quantitative estimate of drug-likeness (QED) is 0.452. The van der Waals surface area contributed by atoms with E-state index in [-0.39, 0.29) is 11.1 Å². The second-order valence-electron chi connectivity index (χ2n) is 8.92. The fourth-order valence-electron chi connectivity index (χ4n) is 4.47. The Kier molecular flexibility index (Phi) is 6.10. The predicted octanol–water partition coefficient (Wildman–Crippen LogP) is 5.37. The van der Waals surface area contributed by atoms with Gasteiger partial charge in [-0.25, -0.2) is 0 Å². The van der Waals surface area contributed by atoms with Gasteiger partial charge >= 0.3 is 0 Å². The van der Waals surface area contributed by atoms with Crippen molar-refractivity contribution in [3.05, 3.63) is 94.5 Å². The molecular formula is C26H28BrNOSi. The smallest absolute Gasteiger partial charge is 0.261 e. The fourth-order valence-corrected chi connectivity index (χ4v) is 9.61. The Labute approximate surface area is 189 Å². The van der Waals surface area contributed by atoms with Gasteiger partial charge in [-0.3, -0.25) is 4.99 Å². The maximum atomic E-state index is 7.07. The Balaban J connectivity index is 1.71. The van der Waals surface area contributed by atoms with Crippen LogP contribution in [0.2, 0.25) is 5.04 Å². The van der Waals surface area contributed by atoms with Gasteiger partial charge in [0, 0.05) is 10.7 Å². The number of aliphatic imine (C=N–C) groups is 1. The van der Waals surface area contributed by atoms with Gasteiger partial charge in [0.05, 0.1) is 12.6 Å². The van der Waals surface area contributed by atoms with E-state index >= 15 is 0 Å². The summed E-state index contributed by atoms with van der Waals surface area (Å²) in [6.45, 7) is 7.56. The van der Waals surface area contributed by atoms with Crippen LogP contribution in [0, 0.1) is 0 Å². The van der Waals surface area contributed by atoms with Crippen molar-refractivity contribution >= 4 is 40.8 Å². The largest absolute Gasteiger partial charge is 0.405 e. The molecule has 30 heavy (non-hydrogen) atoms. The van der Waals surface area contributed by atoms with E-state index in [0.29, 0.717) is 6.61 Å². The first kappa shape index (κ1) is 21.2. The molecule has 0 amide bonds. The summed E-state index contributed by atoms with van der Waals surface area (Å²) in [5.74, 6) is 0. The molecule has 1 aliphatic rings. The van der Waals surface area contributed by atoms with Crippen molar-refractivity contribution in [2.24, 2.45) is 4.99 Å². The second-order valence-corrected chi connectivity index (χ2v) is 14.1. The number of hydrogen-bond donors (Lipinski definition) is 0. The molecule has 4 rings (SSSR count). The van der Waals surface area contributed by atoms with Crippen LogP contribution in [0.3, 0.4) is 0 Å². The molecule has 0 N–H and O–H groups in total. The van der Waals surface area contributed by atoms with Crippen LogP contribution < -0.4 is 10.4 Å². The van der Waals surface area contributed by atoms with Gasteiger partial charge in [-0.15, -0.1) is 0 Å². The zero-order valence-corrected chi connectivity index (χ0v) is 20.4. The highest BCUT2D eigenvalue weighted by atomic mass is 79.9. The summed E-state index contributed by atoms with van der Waals surface area (Å²) < 4.78 is 8.22. The minimum Gasteiger partial charge on any atom is -0.405 e. The zero-order chi connectivity index (χ0) is 21.2. The molecule has 1 heterocycles. The Hall–Kier alpha value is -2.01. The molecule has 3 aromatic rings. The van der Waals surface area contributed by atoms with Crippen molar-refractivity contribution in [3.8, 4) is 0 Å². The lowest BCUT2D eigenvalue weighted by molar-refractivity contribution is 0.271. The van der Waals surface area contributed by atoms with Crippen LogP contribution in [0.1, 0.15) is 31.9 Å². The summed E-state index contributed by atoms with van der Waals surface area (Å²) in [4.78, 5) is 4.84. The molecule has 1 atom stereocenters. The van der Waals surface area contributed by atoms with Crippen LogP contribution in [0.5, 0.6) is 0 Å². The lowest BCUT2D eigenvalue weighted by Crippen LogP contribution is -2.67. The van der Waals surface area contributed by atoms with E-state index in [1.807, 2.05) is 6.21 Å². The van der Waals surface area contributed by atoms with Gasteiger partial charge in [0.2, 0.25) is 0 Å². The topological polar surface area (TPSA) is 21.6 Å². The second kappa shape index (κ2) is 8.62. The Bertz CT molecular complexity index is 988. The van der Waals surface area contributed by atoms with Crippen molar-refractivity contribution in [2.75, 3.05) is 6.61 Å². The number of hydrogen-bond acceptors (Lipinski definition) is 2. The van der Waals surface area contributed by atoms with Crippen molar-refractivity contribution in [2.45, 2.75) is 38.3 Å². The van der Waals surface area contributed by atoms with Crippen molar-refractivity contribution in [3.63, 3.8) is 0 Å². The summed E-state index contributed by atoms with van der Waals surface area (Å²) in [5, 5.41) is 2.60. The summed E-state index contributed by atoms with van der Waals surface area (Å²) in [6.07, 6.45) is 2.90. The van der Waals surface area contributed by atoms with E-state index < -0.39 is 8.32 Å². The average Bonchev–Trinajstić information content (AvgIpc) is 2.75. The molecule has 2 nitrogen and oxygen atoms in total. The van der Waals surface area contributed by atoms with Crippen LogP contribution in [0.25, 0.3) is 0 Å². The van der Waals surface area contributed by atoms with Gasteiger partial charge < -0.3 is 4.43 Å². The highest BCUT2D eigenvalue weighted by Gasteiger charge is 2.50. The summed E-state index contributed by atoms with van der Waals surface area (Å²) >= 11 is 3.71. The Morgan fingerprint density at radius 1 is 0.900 bits per heavy atom. The molecule has 0 radical (unpaired) electrons. The van der Waals surface area contributed by atoms with Gasteiger partial charge in [0.15, 0.2) is 0 Å². The molecule has 0 saturated carbocycles. The molecule has 4 heteroatoms. The maximum Gasteiger partial charge on any atom is 0.261 e. The summed E-state index contributed by atoms with van der Waals surface area (Å²) in [6, 6.07) is 28.0. The number of rotatable bonds is 5. The molecule has 0 aromatic heterocycles. The minimum atomic E-state index is -2.52. The van der Waals surface area contributed by atoms with Gasteiger partial charge in [0.1, 0.15) is 0 Å². The van der Waals surface area contributed by atoms with Gasteiger partial charge in [-0.05, 0) is 39.0 Å². The average molecular weight is 479 g/mol. The third-order valence-corrected chi connectivity index (χ3v) is 11.7. The summed E-state index contributed by atoms with van der Waals surface area (Å²) in [7, 11) is -2.52. The molecule has 0 aliphatic carbocycles. The molecule has 0 bridgehead atoms. The first-order valence-electron chi connectivity index (χ1n) is 10.5. The highest BCUT2D eigenvalue weighted by Crippen LogP contribution is 2.37. The number of halogens is 1. The number of benzene rings is 3. The van der Waals surface area contributed by atoms with E-state index in [2.05, 4.69) is 116 Å². The summed E-state index contributed by atoms with van der Waals surface area (Å²) in [5.41, 5.74) is 2.52. The van der Waals surface area contributed by atoms with Crippen LogP contribution in [0.15, 0.2) is 88.3 Å². The van der Waals surface area contributed by atoms with Gasteiger partial charge in [-0.1, -0.05) is 109 Å². The SMILES string of the molecule is CC(C)(C)[Si](OC[C@H]1Cc2c(Br)cccc2C=N1)(c1ccccc1)c1ccccc1. The molecular weight excluding hydrogens is 450 g/mol. The maximum absolute atomic E-state index is 7.07. The third-order valence-electron chi connectivity index (χ3n) is 5.93. The molecule has 3 aromatic carbocycles. The van der Waals surface area contributed by atoms with Crippen LogP contribution in [-0.4, -0.2) is 27.2 Å². The Morgan fingerprint density at radius 2 is 1.50 bits per heavy atom.